The molecule has 24 nitrogen and oxygen atoms in total. The number of guanidine groups is 4. The van der Waals surface area contributed by atoms with Crippen molar-refractivity contribution in [3.63, 3.8) is 0 Å². The lowest BCUT2D eigenvalue weighted by Crippen LogP contribution is -2.52. The highest BCUT2D eigenvalue weighted by atomic mass is 16.2. The first-order valence-electron chi connectivity index (χ1n) is 44.7. The lowest BCUT2D eigenvalue weighted by atomic mass is 9.74. The SMILES string of the molecule is CC(C)CNC(=O)c1cccc(CN2C(=O)C(c3ccccc3)(c3ccccc3)N=C2N)c1.CC(C)c1ccc(C2C(=O)N(C)C(N)=N[C@]2(C)c2ccc3cnn(CC4CC4)c3c2)cc1.CN1C(=O)[C@@H](c2ccc(C3CC3)cc2)[C@@](C)(c2ccnc(-c3cccc(C#N)c3)c2)N=C1N.CN1C(=O)[C@H](c2ccc(C3CC3)cc2)[C@@](C)(c2ccnc(-c3cccc(C#N)c3)c2)N=C1N. The van der Waals surface area contributed by atoms with Crippen LogP contribution in [0.1, 0.15) is 211 Å². The summed E-state index contributed by atoms with van der Waals surface area (Å²) in [6.45, 7) is 16.1. The van der Waals surface area contributed by atoms with Crippen LogP contribution in [0.3, 0.4) is 0 Å². The molecule has 19 rings (SSSR count). The molecule has 0 saturated heterocycles. The molecule has 3 aromatic heterocycles. The highest BCUT2D eigenvalue weighted by Gasteiger charge is 2.53. The van der Waals surface area contributed by atoms with Crippen molar-refractivity contribution in [2.45, 2.75) is 158 Å². The number of hydrogen-bond acceptors (Lipinski definition) is 18. The summed E-state index contributed by atoms with van der Waals surface area (Å²) in [7, 11) is 5.03. The summed E-state index contributed by atoms with van der Waals surface area (Å²) in [6, 6.07) is 84.2. The third-order valence-electron chi connectivity index (χ3n) is 26.4. The first-order chi connectivity index (χ1) is 63.0. The third kappa shape index (κ3) is 18.3. The predicted octanol–water partition coefficient (Wildman–Crippen LogP) is 16.6. The van der Waals surface area contributed by atoms with Crippen molar-refractivity contribution in [3.8, 4) is 34.7 Å². The van der Waals surface area contributed by atoms with Gasteiger partial charge in [-0.25, -0.2) is 20.0 Å². The molecule has 0 radical (unpaired) electrons. The molecular formula is C107H109N19O5. The molecule has 9 aromatic carbocycles. The van der Waals surface area contributed by atoms with E-state index in [0.717, 1.165) is 84.6 Å². The van der Waals surface area contributed by atoms with Gasteiger partial charge in [0.15, 0.2) is 29.4 Å². The minimum absolute atomic E-state index is 0.0381. The van der Waals surface area contributed by atoms with Gasteiger partial charge in [-0.15, -0.1) is 0 Å². The third-order valence-corrected chi connectivity index (χ3v) is 26.4. The van der Waals surface area contributed by atoms with Crippen LogP contribution < -0.4 is 28.3 Å². The zero-order valence-electron chi connectivity index (χ0n) is 75.5. The van der Waals surface area contributed by atoms with Crippen molar-refractivity contribution < 1.29 is 24.0 Å². The Balaban J connectivity index is 0.000000128. The lowest BCUT2D eigenvalue weighted by molar-refractivity contribution is -0.131. The van der Waals surface area contributed by atoms with E-state index in [0.29, 0.717) is 58.3 Å². The largest absolute Gasteiger partial charge is 0.369 e. The molecule has 6 atom stereocenters. The number of nitrogens with one attached hydrogen (secondary N) is 1. The number of amides is 5. The van der Waals surface area contributed by atoms with Crippen LogP contribution in [-0.4, -0.2) is 120 Å². The number of carbonyl (C=O) groups is 5. The quantitative estimate of drug-likeness (QED) is 0.0474. The number of hydrogen-bond donors (Lipinski definition) is 5. The Hall–Kier alpha value is -15.0. The van der Waals surface area contributed by atoms with E-state index in [1.807, 2.05) is 162 Å². The van der Waals surface area contributed by atoms with E-state index < -0.39 is 39.9 Å². The van der Waals surface area contributed by atoms with E-state index in [4.69, 9.17) is 42.9 Å². The molecule has 1 unspecified atom stereocenters. The van der Waals surface area contributed by atoms with Gasteiger partial charge in [-0.05, 0) is 222 Å². The van der Waals surface area contributed by atoms with Crippen LogP contribution >= 0.6 is 0 Å². The smallest absolute Gasteiger partial charge is 0.266 e. The number of aromatic nitrogens is 4. The molecule has 0 bridgehead atoms. The van der Waals surface area contributed by atoms with Crippen LogP contribution in [0, 0.1) is 34.5 Å². The molecule has 9 N–H and O–H groups in total. The Morgan fingerprint density at radius 2 is 0.901 bits per heavy atom. The van der Waals surface area contributed by atoms with Gasteiger partial charge in [0.25, 0.3) is 11.8 Å². The fraction of sp³-hybridized carbons (Fsp3) is 0.290. The molecule has 0 spiro atoms. The molecule has 12 aromatic rings. The van der Waals surface area contributed by atoms with Crippen LogP contribution in [0.15, 0.2) is 287 Å². The van der Waals surface area contributed by atoms with Gasteiger partial charge in [0.1, 0.15) is 16.6 Å². The predicted molar refractivity (Wildman–Crippen MR) is 512 cm³/mol. The number of benzene rings is 9. The van der Waals surface area contributed by atoms with Gasteiger partial charge in [0.05, 0.1) is 70.7 Å². The zero-order chi connectivity index (χ0) is 92.4. The van der Waals surface area contributed by atoms with Gasteiger partial charge in [-0.2, -0.15) is 15.6 Å². The normalized spacial score (nSPS) is 20.9. The van der Waals surface area contributed by atoms with Crippen LogP contribution in [0.25, 0.3) is 33.4 Å². The van der Waals surface area contributed by atoms with E-state index in [1.54, 1.807) is 69.9 Å². The van der Waals surface area contributed by atoms with Crippen LogP contribution in [0.2, 0.25) is 0 Å². The maximum atomic E-state index is 13.9. The molecule has 3 saturated carbocycles. The van der Waals surface area contributed by atoms with E-state index in [9.17, 15) is 34.5 Å². The minimum atomic E-state index is -1.24. The summed E-state index contributed by atoms with van der Waals surface area (Å²) in [6.07, 6.45) is 12.8. The van der Waals surface area contributed by atoms with Crippen LogP contribution in [-0.2, 0) is 54.4 Å². The van der Waals surface area contributed by atoms with Crippen molar-refractivity contribution in [2.75, 3.05) is 27.7 Å². The molecular weight excluding hydrogens is 1630 g/mol. The average Bonchev–Trinajstić information content (AvgIpc) is 1.40. The van der Waals surface area contributed by atoms with Gasteiger partial charge in [-0.1, -0.05) is 210 Å². The molecule has 3 aliphatic carbocycles. The number of fused-ring (bicyclic) bond motifs is 1. The number of carbonyl (C=O) groups excluding carboxylic acids is 5. The molecule has 7 heterocycles. The number of nitrogens with zero attached hydrogens (tertiary/aromatic N) is 14. The molecule has 131 heavy (non-hydrogen) atoms. The monoisotopic (exact) mass is 1740 g/mol. The van der Waals surface area contributed by atoms with Crippen molar-refractivity contribution in [1.29, 1.82) is 10.5 Å². The van der Waals surface area contributed by atoms with Gasteiger partial charge in [0, 0.05) is 68.7 Å². The number of nitrogens with two attached hydrogens (primary N) is 4. The fourth-order valence-corrected chi connectivity index (χ4v) is 18.1. The molecule has 24 heteroatoms. The molecule has 3 fully saturated rings. The van der Waals surface area contributed by atoms with Gasteiger partial charge < -0.3 is 28.3 Å². The zero-order valence-corrected chi connectivity index (χ0v) is 75.5. The molecule has 5 amide bonds. The van der Waals surface area contributed by atoms with Gasteiger partial charge >= 0.3 is 0 Å². The summed E-state index contributed by atoms with van der Waals surface area (Å²) < 4.78 is 2.09. The molecule has 4 aliphatic heterocycles. The highest BCUT2D eigenvalue weighted by Crippen LogP contribution is 2.51. The van der Waals surface area contributed by atoms with Crippen molar-refractivity contribution in [3.05, 3.63) is 351 Å². The second-order valence-electron chi connectivity index (χ2n) is 36.4. The summed E-state index contributed by atoms with van der Waals surface area (Å²) in [5.74, 6) is 1.53. The number of nitriles is 2. The van der Waals surface area contributed by atoms with Gasteiger partial charge in [-0.3, -0.25) is 58.2 Å². The van der Waals surface area contributed by atoms with E-state index in [1.165, 1.54) is 74.8 Å². The Kier molecular flexibility index (Phi) is 25.2. The van der Waals surface area contributed by atoms with Crippen LogP contribution in [0.5, 0.6) is 0 Å². The lowest BCUT2D eigenvalue weighted by Gasteiger charge is -2.41. The summed E-state index contributed by atoms with van der Waals surface area (Å²) in [5, 5.41) is 27.2. The van der Waals surface area contributed by atoms with E-state index >= 15 is 0 Å². The highest BCUT2D eigenvalue weighted by molar-refractivity contribution is 6.09. The standard InChI is InChI=1S/2C27H25N5O.C27H28N4O2.C26H31N5O/c2*1-27(22-12-13-30-23(15-22)21-5-3-4-17(14-21)16-28)24(25(33)32(2)26(29)31-27)20-10-8-19(9-11-20)18-6-7-18;1-19(2)17-29-24(32)21-11-9-10-20(16-21)18-31-25(33)27(30-26(31)28,22-12-5-3-6-13-22)23-14-7-4-8-15-23;1-16(2)18-7-9-19(10-8-18)23-24(32)30(4)25(27)29-26(23,3)21-12-11-20-14-28-31(22(20)13-21)15-17-5-6-17/h2*3-5,8-15,18,24H,6-7H2,1-2H3,(H2,29,31);3-16,19H,17-18H2,1-2H3,(H2,28,30)(H,29,32);7-14,16-17,23H,5-6,15H2,1-4H3,(H2,27,29)/t24-,27+;24-,27-;;23?,26-/m01.1/s1. The van der Waals surface area contributed by atoms with E-state index in [2.05, 4.69) is 142 Å². The first-order valence-corrected chi connectivity index (χ1v) is 44.7. The summed E-state index contributed by atoms with van der Waals surface area (Å²) in [4.78, 5) is 101. The second-order valence-corrected chi connectivity index (χ2v) is 36.4. The first kappa shape index (κ1) is 89.4. The summed E-state index contributed by atoms with van der Waals surface area (Å²) in [5.41, 5.74) is 38.6. The minimum Gasteiger partial charge on any atom is -0.369 e. The van der Waals surface area contributed by atoms with Crippen molar-refractivity contribution >= 4 is 64.3 Å². The van der Waals surface area contributed by atoms with Crippen molar-refractivity contribution in [2.24, 2.45) is 54.7 Å². The van der Waals surface area contributed by atoms with Gasteiger partial charge in [0.2, 0.25) is 17.7 Å². The maximum absolute atomic E-state index is 13.9. The number of aliphatic imine (C=N–C) groups is 4. The van der Waals surface area contributed by atoms with E-state index in [-0.39, 0.29) is 59.9 Å². The van der Waals surface area contributed by atoms with Crippen molar-refractivity contribution in [1.82, 2.24) is 44.7 Å². The Labute approximate surface area is 764 Å². The van der Waals surface area contributed by atoms with Crippen LogP contribution in [0.4, 0.5) is 0 Å². The fourth-order valence-electron chi connectivity index (χ4n) is 18.1. The topological polar surface area (TPSA) is 355 Å². The number of rotatable bonds is 20. The molecule has 662 valence electrons. The maximum Gasteiger partial charge on any atom is 0.266 e. The molecule has 7 aliphatic rings. The Morgan fingerprint density at radius 3 is 1.33 bits per heavy atom. The number of likely N-dealkylation sites (N-methyl/N-ethyl adjacent to an activating group) is 3. The summed E-state index contributed by atoms with van der Waals surface area (Å²) >= 11 is 0. The Bertz CT molecular complexity index is 6320. The average molecular weight is 1740 g/mol. The number of pyridine rings is 2. The second kappa shape index (κ2) is 37.0. The Morgan fingerprint density at radius 1 is 0.466 bits per heavy atom.